The Morgan fingerprint density at radius 2 is 2.16 bits per heavy atom. The summed E-state index contributed by atoms with van der Waals surface area (Å²) in [6.45, 7) is 6.75. The number of aromatic nitrogens is 2. The van der Waals surface area contributed by atoms with E-state index in [4.69, 9.17) is 16.0 Å². The lowest BCUT2D eigenvalue weighted by atomic mass is 10.2. The maximum Gasteiger partial charge on any atom is 0.281 e. The standard InChI is InChI=1S/C13H16ClN3OS/c1-8(2)15-7-10-5-4-6-11(14)12(10)19-13-17-16-9(3)18-13/h4-6,8,15H,7H2,1-3H3. The summed E-state index contributed by atoms with van der Waals surface area (Å²) < 4.78 is 5.38. The highest BCUT2D eigenvalue weighted by atomic mass is 35.5. The average molecular weight is 298 g/mol. The summed E-state index contributed by atoms with van der Waals surface area (Å²) in [5.74, 6) is 0.552. The Morgan fingerprint density at radius 1 is 1.37 bits per heavy atom. The molecule has 0 fully saturated rings. The fourth-order valence-electron chi connectivity index (χ4n) is 1.53. The highest BCUT2D eigenvalue weighted by molar-refractivity contribution is 7.99. The lowest BCUT2D eigenvalue weighted by molar-refractivity contribution is 0.429. The maximum atomic E-state index is 6.26. The summed E-state index contributed by atoms with van der Waals surface area (Å²) in [6, 6.07) is 6.28. The number of aryl methyl sites for hydroxylation is 1. The molecule has 1 aromatic carbocycles. The highest BCUT2D eigenvalue weighted by Gasteiger charge is 2.13. The summed E-state index contributed by atoms with van der Waals surface area (Å²) in [5.41, 5.74) is 1.13. The topological polar surface area (TPSA) is 51.0 Å². The first-order chi connectivity index (χ1) is 9.06. The number of halogens is 1. The number of hydrogen-bond donors (Lipinski definition) is 1. The van der Waals surface area contributed by atoms with Crippen LogP contribution in [0.25, 0.3) is 0 Å². The van der Waals surface area contributed by atoms with E-state index in [0.717, 1.165) is 17.0 Å². The van der Waals surface area contributed by atoms with Gasteiger partial charge in [0.25, 0.3) is 5.22 Å². The van der Waals surface area contributed by atoms with Gasteiger partial charge in [0.2, 0.25) is 5.89 Å². The molecule has 0 radical (unpaired) electrons. The van der Waals surface area contributed by atoms with Gasteiger partial charge in [0.15, 0.2) is 0 Å². The predicted molar refractivity (Wildman–Crippen MR) is 76.6 cm³/mol. The van der Waals surface area contributed by atoms with Crippen molar-refractivity contribution in [1.82, 2.24) is 15.5 Å². The third-order valence-electron chi connectivity index (χ3n) is 2.45. The summed E-state index contributed by atoms with van der Waals surface area (Å²) in [7, 11) is 0. The van der Waals surface area contributed by atoms with E-state index in [1.807, 2.05) is 18.2 Å². The monoisotopic (exact) mass is 297 g/mol. The van der Waals surface area contributed by atoms with Crippen LogP contribution in [0.1, 0.15) is 25.3 Å². The molecule has 0 aliphatic rings. The maximum absolute atomic E-state index is 6.26. The molecule has 0 bridgehead atoms. The molecule has 0 unspecified atom stereocenters. The molecular weight excluding hydrogens is 282 g/mol. The van der Waals surface area contributed by atoms with Crippen molar-refractivity contribution in [2.75, 3.05) is 0 Å². The average Bonchev–Trinajstić information content (AvgIpc) is 2.75. The Kier molecular flexibility index (Phi) is 4.85. The van der Waals surface area contributed by atoms with E-state index in [1.54, 1.807) is 6.92 Å². The molecule has 0 amide bonds. The minimum absolute atomic E-state index is 0.419. The molecule has 0 saturated carbocycles. The summed E-state index contributed by atoms with van der Waals surface area (Å²) >= 11 is 7.66. The zero-order valence-corrected chi connectivity index (χ0v) is 12.7. The van der Waals surface area contributed by atoms with E-state index < -0.39 is 0 Å². The number of hydrogen-bond acceptors (Lipinski definition) is 5. The molecule has 1 heterocycles. The largest absolute Gasteiger partial charge is 0.416 e. The lowest BCUT2D eigenvalue weighted by Gasteiger charge is -2.12. The van der Waals surface area contributed by atoms with Crippen molar-refractivity contribution in [3.05, 3.63) is 34.7 Å². The van der Waals surface area contributed by atoms with E-state index in [2.05, 4.69) is 29.4 Å². The van der Waals surface area contributed by atoms with Crippen LogP contribution >= 0.6 is 23.4 Å². The molecule has 0 saturated heterocycles. The van der Waals surface area contributed by atoms with Crippen molar-refractivity contribution in [1.29, 1.82) is 0 Å². The molecule has 2 rings (SSSR count). The van der Waals surface area contributed by atoms with Crippen molar-refractivity contribution in [3.8, 4) is 0 Å². The van der Waals surface area contributed by atoms with Gasteiger partial charge in [-0.15, -0.1) is 10.2 Å². The SMILES string of the molecule is Cc1nnc(Sc2c(Cl)cccc2CNC(C)C)o1. The summed E-state index contributed by atoms with van der Waals surface area (Å²) in [5, 5.41) is 12.4. The van der Waals surface area contributed by atoms with Crippen molar-refractivity contribution in [2.45, 2.75) is 43.5 Å². The van der Waals surface area contributed by atoms with Gasteiger partial charge in [-0.05, 0) is 23.4 Å². The minimum atomic E-state index is 0.419. The van der Waals surface area contributed by atoms with Crippen molar-refractivity contribution in [2.24, 2.45) is 0 Å². The van der Waals surface area contributed by atoms with Gasteiger partial charge in [-0.1, -0.05) is 37.6 Å². The van der Waals surface area contributed by atoms with Crippen LogP contribution < -0.4 is 5.32 Å². The van der Waals surface area contributed by atoms with Crippen molar-refractivity contribution in [3.63, 3.8) is 0 Å². The van der Waals surface area contributed by atoms with Crippen LogP contribution in [-0.4, -0.2) is 16.2 Å². The number of rotatable bonds is 5. The van der Waals surface area contributed by atoms with Gasteiger partial charge < -0.3 is 9.73 Å². The van der Waals surface area contributed by atoms with Gasteiger partial charge in [0.05, 0.1) is 5.02 Å². The Morgan fingerprint density at radius 3 is 2.79 bits per heavy atom. The number of nitrogens with one attached hydrogen (secondary N) is 1. The molecule has 19 heavy (non-hydrogen) atoms. The van der Waals surface area contributed by atoms with Gasteiger partial charge in [0, 0.05) is 24.4 Å². The second kappa shape index (κ2) is 6.41. The Balaban J connectivity index is 2.22. The third kappa shape index (κ3) is 3.96. The van der Waals surface area contributed by atoms with Gasteiger partial charge in [-0.2, -0.15) is 0 Å². The van der Waals surface area contributed by atoms with Crippen LogP contribution in [0.3, 0.4) is 0 Å². The fraction of sp³-hybridized carbons (Fsp3) is 0.385. The first-order valence-electron chi connectivity index (χ1n) is 6.05. The van der Waals surface area contributed by atoms with E-state index in [0.29, 0.717) is 22.2 Å². The van der Waals surface area contributed by atoms with E-state index >= 15 is 0 Å². The molecule has 0 aliphatic heterocycles. The molecule has 2 aromatic rings. The number of benzene rings is 1. The third-order valence-corrected chi connectivity index (χ3v) is 3.90. The molecule has 102 valence electrons. The first-order valence-corrected chi connectivity index (χ1v) is 7.24. The molecule has 1 aromatic heterocycles. The number of nitrogens with zero attached hydrogens (tertiary/aromatic N) is 2. The fourth-order valence-corrected chi connectivity index (χ4v) is 2.69. The minimum Gasteiger partial charge on any atom is -0.416 e. The molecule has 6 heteroatoms. The zero-order chi connectivity index (χ0) is 13.8. The first kappa shape index (κ1) is 14.4. The molecule has 1 N–H and O–H groups in total. The molecule has 0 aliphatic carbocycles. The van der Waals surface area contributed by atoms with Crippen LogP contribution in [0.4, 0.5) is 0 Å². The van der Waals surface area contributed by atoms with E-state index in [-0.39, 0.29) is 0 Å². The molecule has 0 spiro atoms. The van der Waals surface area contributed by atoms with Crippen molar-refractivity contribution >= 4 is 23.4 Å². The summed E-state index contributed by atoms with van der Waals surface area (Å²) in [6.07, 6.45) is 0. The van der Waals surface area contributed by atoms with E-state index in [1.165, 1.54) is 11.8 Å². The molecule has 0 atom stereocenters. The Hall–Kier alpha value is -1.04. The quantitative estimate of drug-likeness (QED) is 0.912. The normalized spacial score (nSPS) is 11.2. The van der Waals surface area contributed by atoms with Crippen LogP contribution in [0.2, 0.25) is 5.02 Å². The lowest BCUT2D eigenvalue weighted by Crippen LogP contribution is -2.22. The summed E-state index contributed by atoms with van der Waals surface area (Å²) in [4.78, 5) is 0.959. The highest BCUT2D eigenvalue weighted by Crippen LogP contribution is 2.35. The van der Waals surface area contributed by atoms with Crippen molar-refractivity contribution < 1.29 is 4.42 Å². The van der Waals surface area contributed by atoms with Crippen LogP contribution in [0, 0.1) is 6.92 Å². The van der Waals surface area contributed by atoms with Gasteiger partial charge in [-0.3, -0.25) is 0 Å². The molecule has 4 nitrogen and oxygen atoms in total. The van der Waals surface area contributed by atoms with E-state index in [9.17, 15) is 0 Å². The zero-order valence-electron chi connectivity index (χ0n) is 11.1. The molecular formula is C13H16ClN3OS. The van der Waals surface area contributed by atoms with Crippen LogP contribution in [0.5, 0.6) is 0 Å². The Bertz CT molecular complexity index is 557. The second-order valence-corrected chi connectivity index (χ2v) is 5.82. The van der Waals surface area contributed by atoms with Gasteiger partial charge in [0.1, 0.15) is 0 Å². The Labute approximate surface area is 121 Å². The van der Waals surface area contributed by atoms with Crippen LogP contribution in [0.15, 0.2) is 32.7 Å². The smallest absolute Gasteiger partial charge is 0.281 e. The predicted octanol–water partition coefficient (Wildman–Crippen LogP) is 3.68. The van der Waals surface area contributed by atoms with Crippen LogP contribution in [-0.2, 0) is 6.54 Å². The second-order valence-electron chi connectivity index (χ2n) is 4.45. The van der Waals surface area contributed by atoms with Gasteiger partial charge >= 0.3 is 0 Å². The van der Waals surface area contributed by atoms with Gasteiger partial charge in [-0.25, -0.2) is 0 Å².